The van der Waals surface area contributed by atoms with Crippen molar-refractivity contribution >= 4 is 0 Å². The zero-order chi connectivity index (χ0) is 14.1. The van der Waals surface area contributed by atoms with Crippen LogP contribution >= 0.6 is 0 Å². The van der Waals surface area contributed by atoms with Gasteiger partial charge in [0.2, 0.25) is 0 Å². The van der Waals surface area contributed by atoms with E-state index in [1.807, 2.05) is 12.1 Å². The standard InChI is InChI=1S/C16H27NO2/c1-4-15(12-18)17-11-14-5-7-16(8-6-14)19-10-9-13(2)3/h5-8,13,15,17-18H,4,9-12H2,1-3H3. The molecule has 1 atom stereocenters. The van der Waals surface area contributed by atoms with Gasteiger partial charge in [0.05, 0.1) is 13.2 Å². The predicted molar refractivity (Wildman–Crippen MR) is 79.4 cm³/mol. The Morgan fingerprint density at radius 2 is 1.89 bits per heavy atom. The third kappa shape index (κ3) is 6.60. The molecular formula is C16H27NO2. The molecule has 0 aliphatic carbocycles. The molecule has 2 N–H and O–H groups in total. The summed E-state index contributed by atoms with van der Waals surface area (Å²) in [6, 6.07) is 8.35. The molecule has 19 heavy (non-hydrogen) atoms. The molecule has 0 fully saturated rings. The number of aliphatic hydroxyl groups excluding tert-OH is 1. The summed E-state index contributed by atoms with van der Waals surface area (Å²) in [5, 5.41) is 12.4. The van der Waals surface area contributed by atoms with Crippen LogP contribution in [0.3, 0.4) is 0 Å². The van der Waals surface area contributed by atoms with Gasteiger partial charge in [0, 0.05) is 12.6 Å². The first kappa shape index (κ1) is 16.0. The lowest BCUT2D eigenvalue weighted by Crippen LogP contribution is -2.31. The van der Waals surface area contributed by atoms with E-state index in [0.29, 0.717) is 5.92 Å². The number of nitrogens with one attached hydrogen (secondary N) is 1. The summed E-state index contributed by atoms with van der Waals surface area (Å²) in [4.78, 5) is 0. The fourth-order valence-corrected chi connectivity index (χ4v) is 1.72. The third-order valence-corrected chi connectivity index (χ3v) is 3.20. The second kappa shape index (κ2) is 8.94. The van der Waals surface area contributed by atoms with E-state index < -0.39 is 0 Å². The lowest BCUT2D eigenvalue weighted by Gasteiger charge is -2.14. The molecule has 0 spiro atoms. The Bertz CT molecular complexity index is 331. The maximum Gasteiger partial charge on any atom is 0.119 e. The van der Waals surface area contributed by atoms with Crippen molar-refractivity contribution < 1.29 is 9.84 Å². The highest BCUT2D eigenvalue weighted by Gasteiger charge is 2.03. The quantitative estimate of drug-likeness (QED) is 0.721. The molecule has 1 rings (SSSR count). The third-order valence-electron chi connectivity index (χ3n) is 3.20. The minimum Gasteiger partial charge on any atom is -0.494 e. The van der Waals surface area contributed by atoms with E-state index in [-0.39, 0.29) is 12.6 Å². The smallest absolute Gasteiger partial charge is 0.119 e. The van der Waals surface area contributed by atoms with Crippen molar-refractivity contribution in [3.05, 3.63) is 29.8 Å². The highest BCUT2D eigenvalue weighted by atomic mass is 16.5. The van der Waals surface area contributed by atoms with Crippen molar-refractivity contribution in [1.82, 2.24) is 5.32 Å². The van der Waals surface area contributed by atoms with Crippen LogP contribution in [0, 0.1) is 5.92 Å². The van der Waals surface area contributed by atoms with Gasteiger partial charge < -0.3 is 15.2 Å². The second-order valence-corrected chi connectivity index (χ2v) is 5.34. The van der Waals surface area contributed by atoms with Crippen LogP contribution in [-0.4, -0.2) is 24.4 Å². The second-order valence-electron chi connectivity index (χ2n) is 5.34. The Hall–Kier alpha value is -1.06. The van der Waals surface area contributed by atoms with Crippen molar-refractivity contribution in [2.45, 2.75) is 46.2 Å². The fourth-order valence-electron chi connectivity index (χ4n) is 1.72. The first-order valence-electron chi connectivity index (χ1n) is 7.21. The maximum absolute atomic E-state index is 9.11. The van der Waals surface area contributed by atoms with Gasteiger partial charge in [-0.25, -0.2) is 0 Å². The Morgan fingerprint density at radius 3 is 2.42 bits per heavy atom. The Balaban J connectivity index is 2.34. The summed E-state index contributed by atoms with van der Waals surface area (Å²) >= 11 is 0. The zero-order valence-electron chi connectivity index (χ0n) is 12.4. The monoisotopic (exact) mass is 265 g/mol. The zero-order valence-corrected chi connectivity index (χ0v) is 12.4. The first-order valence-corrected chi connectivity index (χ1v) is 7.21. The summed E-state index contributed by atoms with van der Waals surface area (Å²) in [6.45, 7) is 8.21. The van der Waals surface area contributed by atoms with Gasteiger partial charge in [0.25, 0.3) is 0 Å². The van der Waals surface area contributed by atoms with Crippen LogP contribution in [0.25, 0.3) is 0 Å². The number of hydrogen-bond donors (Lipinski definition) is 2. The minimum absolute atomic E-state index is 0.182. The van der Waals surface area contributed by atoms with E-state index in [2.05, 4.69) is 38.2 Å². The maximum atomic E-state index is 9.11. The van der Waals surface area contributed by atoms with Crippen LogP contribution in [0.1, 0.15) is 39.2 Å². The first-order chi connectivity index (χ1) is 9.15. The molecule has 108 valence electrons. The Labute approximate surface area is 117 Å². The number of ether oxygens (including phenoxy) is 1. The molecule has 0 amide bonds. The molecule has 1 aromatic carbocycles. The van der Waals surface area contributed by atoms with Gasteiger partial charge >= 0.3 is 0 Å². The van der Waals surface area contributed by atoms with Crippen molar-refractivity contribution in [2.75, 3.05) is 13.2 Å². The molecule has 1 aromatic rings. The van der Waals surface area contributed by atoms with Gasteiger partial charge in [0.1, 0.15) is 5.75 Å². The molecule has 0 aliphatic rings. The molecule has 0 bridgehead atoms. The normalized spacial score (nSPS) is 12.7. The molecule has 0 aromatic heterocycles. The van der Waals surface area contributed by atoms with Gasteiger partial charge in [-0.15, -0.1) is 0 Å². The topological polar surface area (TPSA) is 41.5 Å². The van der Waals surface area contributed by atoms with E-state index in [9.17, 15) is 0 Å². The molecule has 0 saturated carbocycles. The largest absolute Gasteiger partial charge is 0.494 e. The van der Waals surface area contributed by atoms with Gasteiger partial charge in [-0.1, -0.05) is 32.9 Å². The highest BCUT2D eigenvalue weighted by Crippen LogP contribution is 2.13. The van der Waals surface area contributed by atoms with Gasteiger partial charge in [-0.05, 0) is 36.5 Å². The van der Waals surface area contributed by atoms with E-state index in [4.69, 9.17) is 9.84 Å². The van der Waals surface area contributed by atoms with Crippen LogP contribution in [0.2, 0.25) is 0 Å². The number of rotatable bonds is 9. The molecule has 0 saturated heterocycles. The molecule has 0 aliphatic heterocycles. The van der Waals surface area contributed by atoms with Crippen LogP contribution < -0.4 is 10.1 Å². The van der Waals surface area contributed by atoms with E-state index in [1.165, 1.54) is 5.56 Å². The summed E-state index contributed by atoms with van der Waals surface area (Å²) in [5.41, 5.74) is 1.21. The summed E-state index contributed by atoms with van der Waals surface area (Å²) < 4.78 is 5.68. The molecular weight excluding hydrogens is 238 g/mol. The summed E-state index contributed by atoms with van der Waals surface area (Å²) in [6.07, 6.45) is 2.02. The van der Waals surface area contributed by atoms with Crippen molar-refractivity contribution in [3.8, 4) is 5.75 Å². The van der Waals surface area contributed by atoms with E-state index >= 15 is 0 Å². The molecule has 3 nitrogen and oxygen atoms in total. The number of aliphatic hydroxyl groups is 1. The predicted octanol–water partition coefficient (Wildman–Crippen LogP) is 2.97. The van der Waals surface area contributed by atoms with Crippen molar-refractivity contribution in [3.63, 3.8) is 0 Å². The Morgan fingerprint density at radius 1 is 1.21 bits per heavy atom. The molecule has 1 unspecified atom stereocenters. The van der Waals surface area contributed by atoms with Gasteiger partial charge in [0.15, 0.2) is 0 Å². The van der Waals surface area contributed by atoms with Crippen LogP contribution in [0.15, 0.2) is 24.3 Å². The molecule has 0 radical (unpaired) electrons. The summed E-state index contributed by atoms with van der Waals surface area (Å²) in [7, 11) is 0. The lowest BCUT2D eigenvalue weighted by atomic mass is 10.1. The summed E-state index contributed by atoms with van der Waals surface area (Å²) in [5.74, 6) is 1.60. The van der Waals surface area contributed by atoms with Crippen molar-refractivity contribution in [1.29, 1.82) is 0 Å². The highest BCUT2D eigenvalue weighted by molar-refractivity contribution is 5.27. The average Bonchev–Trinajstić information content (AvgIpc) is 2.41. The molecule has 0 heterocycles. The van der Waals surface area contributed by atoms with E-state index in [0.717, 1.165) is 31.7 Å². The van der Waals surface area contributed by atoms with Gasteiger partial charge in [-0.3, -0.25) is 0 Å². The number of benzene rings is 1. The average molecular weight is 265 g/mol. The minimum atomic E-state index is 0.182. The van der Waals surface area contributed by atoms with Crippen molar-refractivity contribution in [2.24, 2.45) is 5.92 Å². The fraction of sp³-hybridized carbons (Fsp3) is 0.625. The Kier molecular flexibility index (Phi) is 7.53. The molecule has 3 heteroatoms. The number of hydrogen-bond acceptors (Lipinski definition) is 3. The van der Waals surface area contributed by atoms with E-state index in [1.54, 1.807) is 0 Å². The van der Waals surface area contributed by atoms with Crippen LogP contribution in [-0.2, 0) is 6.54 Å². The SMILES string of the molecule is CCC(CO)NCc1ccc(OCCC(C)C)cc1. The van der Waals surface area contributed by atoms with Crippen LogP contribution in [0.5, 0.6) is 5.75 Å². The van der Waals surface area contributed by atoms with Crippen LogP contribution in [0.4, 0.5) is 0 Å². The van der Waals surface area contributed by atoms with Gasteiger partial charge in [-0.2, -0.15) is 0 Å². The lowest BCUT2D eigenvalue weighted by molar-refractivity contribution is 0.238.